The Bertz CT molecular complexity index is 1330. The standard InChI is InChI=1S/C22H16O5S/c1-28(25,26)17-12-8-15(9-13-17)22-20(14-6-10-16(23)11-7-14)21(24)18-4-2-3-5-19(18)27-22/h2-13,23H,1H3. The number of phenols is 1. The van der Waals surface area contributed by atoms with Crippen LogP contribution in [0, 0.1) is 0 Å². The summed E-state index contributed by atoms with van der Waals surface area (Å²) in [5.41, 5.74) is 1.77. The molecule has 1 heterocycles. The second-order valence-electron chi connectivity index (χ2n) is 6.47. The zero-order valence-electron chi connectivity index (χ0n) is 14.9. The second kappa shape index (κ2) is 6.65. The van der Waals surface area contributed by atoms with Gasteiger partial charge in [-0.05, 0) is 54.1 Å². The van der Waals surface area contributed by atoms with Crippen LogP contribution in [0.5, 0.6) is 5.75 Å². The van der Waals surface area contributed by atoms with E-state index in [0.717, 1.165) is 6.26 Å². The van der Waals surface area contributed by atoms with Crippen LogP contribution in [-0.2, 0) is 9.84 Å². The third-order valence-electron chi connectivity index (χ3n) is 4.50. The summed E-state index contributed by atoms with van der Waals surface area (Å²) in [6, 6.07) is 19.5. The molecule has 3 aromatic carbocycles. The minimum absolute atomic E-state index is 0.0907. The van der Waals surface area contributed by atoms with E-state index >= 15 is 0 Å². The number of benzene rings is 3. The molecule has 6 heteroatoms. The number of hydrogen-bond donors (Lipinski definition) is 1. The molecule has 1 aromatic heterocycles. The van der Waals surface area contributed by atoms with Crippen molar-refractivity contribution in [1.82, 2.24) is 0 Å². The number of rotatable bonds is 3. The van der Waals surface area contributed by atoms with E-state index in [0.29, 0.717) is 33.4 Å². The molecule has 1 N–H and O–H groups in total. The van der Waals surface area contributed by atoms with Gasteiger partial charge in [-0.1, -0.05) is 24.3 Å². The predicted molar refractivity (Wildman–Crippen MR) is 108 cm³/mol. The summed E-state index contributed by atoms with van der Waals surface area (Å²) in [5, 5.41) is 10.0. The zero-order chi connectivity index (χ0) is 19.9. The van der Waals surface area contributed by atoms with E-state index in [-0.39, 0.29) is 16.1 Å². The Morgan fingerprint density at radius 3 is 2.07 bits per heavy atom. The largest absolute Gasteiger partial charge is 0.508 e. The lowest BCUT2D eigenvalue weighted by Crippen LogP contribution is -2.07. The number of fused-ring (bicyclic) bond motifs is 1. The van der Waals surface area contributed by atoms with E-state index < -0.39 is 9.84 Å². The van der Waals surface area contributed by atoms with Crippen LogP contribution in [0.15, 0.2) is 86.9 Å². The molecule has 0 amide bonds. The molecule has 4 rings (SSSR count). The first kappa shape index (κ1) is 18.0. The van der Waals surface area contributed by atoms with Gasteiger partial charge in [0.2, 0.25) is 5.43 Å². The summed E-state index contributed by atoms with van der Waals surface area (Å²) < 4.78 is 29.5. The first-order valence-electron chi connectivity index (χ1n) is 8.50. The minimum Gasteiger partial charge on any atom is -0.508 e. The average Bonchev–Trinajstić information content (AvgIpc) is 2.68. The molecule has 28 heavy (non-hydrogen) atoms. The van der Waals surface area contributed by atoms with E-state index in [1.54, 1.807) is 48.5 Å². The molecule has 0 aliphatic rings. The van der Waals surface area contributed by atoms with Crippen molar-refractivity contribution >= 4 is 20.8 Å². The van der Waals surface area contributed by atoms with Gasteiger partial charge in [-0.15, -0.1) is 0 Å². The number of para-hydroxylation sites is 1. The number of hydrogen-bond acceptors (Lipinski definition) is 5. The highest BCUT2D eigenvalue weighted by Gasteiger charge is 2.18. The highest BCUT2D eigenvalue weighted by atomic mass is 32.2. The third-order valence-corrected chi connectivity index (χ3v) is 5.63. The summed E-state index contributed by atoms with van der Waals surface area (Å²) in [6.07, 6.45) is 1.14. The second-order valence-corrected chi connectivity index (χ2v) is 8.49. The van der Waals surface area contributed by atoms with E-state index in [1.165, 1.54) is 24.3 Å². The van der Waals surface area contributed by atoms with Gasteiger partial charge in [0.1, 0.15) is 17.1 Å². The molecule has 4 aromatic rings. The first-order chi connectivity index (χ1) is 13.3. The van der Waals surface area contributed by atoms with Crippen LogP contribution in [-0.4, -0.2) is 19.8 Å². The fourth-order valence-corrected chi connectivity index (χ4v) is 3.72. The SMILES string of the molecule is CS(=O)(=O)c1ccc(-c2oc3ccccc3c(=O)c2-c2ccc(O)cc2)cc1. The monoisotopic (exact) mass is 392 g/mol. The lowest BCUT2D eigenvalue weighted by Gasteiger charge is -2.11. The molecule has 0 spiro atoms. The quantitative estimate of drug-likeness (QED) is 0.564. The van der Waals surface area contributed by atoms with Crippen molar-refractivity contribution in [3.05, 3.63) is 83.0 Å². The van der Waals surface area contributed by atoms with Crippen LogP contribution >= 0.6 is 0 Å². The maximum Gasteiger partial charge on any atom is 0.201 e. The molecule has 140 valence electrons. The van der Waals surface area contributed by atoms with Crippen LogP contribution in [0.2, 0.25) is 0 Å². The molecule has 0 saturated carbocycles. The van der Waals surface area contributed by atoms with Crippen LogP contribution in [0.4, 0.5) is 0 Å². The molecule has 0 aliphatic heterocycles. The molecular formula is C22H16O5S. The molecular weight excluding hydrogens is 376 g/mol. The Balaban J connectivity index is 2.03. The van der Waals surface area contributed by atoms with Crippen molar-refractivity contribution in [3.63, 3.8) is 0 Å². The van der Waals surface area contributed by atoms with Crippen molar-refractivity contribution in [3.8, 4) is 28.2 Å². The molecule has 5 nitrogen and oxygen atoms in total. The highest BCUT2D eigenvalue weighted by molar-refractivity contribution is 7.90. The third kappa shape index (κ3) is 3.18. The van der Waals surface area contributed by atoms with Gasteiger partial charge in [0.05, 0.1) is 15.8 Å². The fourth-order valence-electron chi connectivity index (χ4n) is 3.09. The molecule has 0 bridgehead atoms. The van der Waals surface area contributed by atoms with Crippen molar-refractivity contribution in [1.29, 1.82) is 0 Å². The zero-order valence-corrected chi connectivity index (χ0v) is 15.7. The van der Waals surface area contributed by atoms with E-state index in [2.05, 4.69) is 0 Å². The van der Waals surface area contributed by atoms with Crippen molar-refractivity contribution in [2.24, 2.45) is 0 Å². The fraction of sp³-hybridized carbons (Fsp3) is 0.0455. The molecule has 0 atom stereocenters. The van der Waals surface area contributed by atoms with Crippen molar-refractivity contribution in [2.45, 2.75) is 4.90 Å². The lowest BCUT2D eigenvalue weighted by atomic mass is 9.98. The molecule has 0 fully saturated rings. The smallest absolute Gasteiger partial charge is 0.201 e. The average molecular weight is 392 g/mol. The van der Waals surface area contributed by atoms with Gasteiger partial charge in [0.25, 0.3) is 0 Å². The van der Waals surface area contributed by atoms with Crippen LogP contribution in [0.1, 0.15) is 0 Å². The first-order valence-corrected chi connectivity index (χ1v) is 10.4. The van der Waals surface area contributed by atoms with Gasteiger partial charge in [0.15, 0.2) is 9.84 Å². The Morgan fingerprint density at radius 2 is 1.43 bits per heavy atom. The Labute approximate surface area is 161 Å². The van der Waals surface area contributed by atoms with Gasteiger partial charge in [-0.3, -0.25) is 4.79 Å². The number of aromatic hydroxyl groups is 1. The van der Waals surface area contributed by atoms with E-state index in [4.69, 9.17) is 4.42 Å². The topological polar surface area (TPSA) is 84.6 Å². The maximum absolute atomic E-state index is 13.2. The van der Waals surface area contributed by atoms with Gasteiger partial charge < -0.3 is 9.52 Å². The Hall–Kier alpha value is -3.38. The van der Waals surface area contributed by atoms with Crippen LogP contribution in [0.3, 0.4) is 0 Å². The minimum atomic E-state index is -3.33. The van der Waals surface area contributed by atoms with Gasteiger partial charge >= 0.3 is 0 Å². The van der Waals surface area contributed by atoms with Gasteiger partial charge in [0, 0.05) is 11.8 Å². The molecule has 0 unspecified atom stereocenters. The van der Waals surface area contributed by atoms with Gasteiger partial charge in [-0.2, -0.15) is 0 Å². The molecule has 0 saturated heterocycles. The summed E-state index contributed by atoms with van der Waals surface area (Å²) in [6.45, 7) is 0. The number of phenolic OH excluding ortho intramolecular Hbond substituents is 1. The van der Waals surface area contributed by atoms with E-state index in [9.17, 15) is 18.3 Å². The Morgan fingerprint density at radius 1 is 0.821 bits per heavy atom. The highest BCUT2D eigenvalue weighted by Crippen LogP contribution is 2.33. The Kier molecular flexibility index (Phi) is 4.28. The maximum atomic E-state index is 13.2. The van der Waals surface area contributed by atoms with Crippen molar-refractivity contribution in [2.75, 3.05) is 6.26 Å². The van der Waals surface area contributed by atoms with Crippen LogP contribution in [0.25, 0.3) is 33.4 Å². The predicted octanol–water partition coefficient (Wildman–Crippen LogP) is 4.24. The summed E-state index contributed by atoms with van der Waals surface area (Å²) in [7, 11) is -3.33. The summed E-state index contributed by atoms with van der Waals surface area (Å²) in [4.78, 5) is 13.4. The van der Waals surface area contributed by atoms with Crippen LogP contribution < -0.4 is 5.43 Å². The molecule has 0 radical (unpaired) electrons. The lowest BCUT2D eigenvalue weighted by molar-refractivity contribution is 0.475. The summed E-state index contributed by atoms with van der Waals surface area (Å²) >= 11 is 0. The van der Waals surface area contributed by atoms with Crippen molar-refractivity contribution < 1.29 is 17.9 Å². The van der Waals surface area contributed by atoms with Gasteiger partial charge in [-0.25, -0.2) is 8.42 Å². The number of sulfone groups is 1. The molecule has 0 aliphatic carbocycles. The summed E-state index contributed by atoms with van der Waals surface area (Å²) in [5.74, 6) is 0.433. The normalized spacial score (nSPS) is 11.6. The van der Waals surface area contributed by atoms with E-state index in [1.807, 2.05) is 0 Å².